The summed E-state index contributed by atoms with van der Waals surface area (Å²) in [5.41, 5.74) is 6.90. The molecular formula is C21H30IN5O. The molecule has 0 aromatic heterocycles. The minimum absolute atomic E-state index is 0. The van der Waals surface area contributed by atoms with Crippen LogP contribution in [0, 0.1) is 0 Å². The fourth-order valence-electron chi connectivity index (χ4n) is 3.09. The lowest BCUT2D eigenvalue weighted by Crippen LogP contribution is -2.46. The Morgan fingerprint density at radius 3 is 2.39 bits per heavy atom. The van der Waals surface area contributed by atoms with Crippen molar-refractivity contribution < 1.29 is 4.74 Å². The zero-order valence-electron chi connectivity index (χ0n) is 16.4. The van der Waals surface area contributed by atoms with Gasteiger partial charge < -0.3 is 20.7 Å². The molecule has 0 unspecified atom stereocenters. The van der Waals surface area contributed by atoms with Gasteiger partial charge >= 0.3 is 0 Å². The minimum Gasteiger partial charge on any atom is -0.457 e. The SMILES string of the molecule is CCN1CCN(CCN=C(N)Nc2cccc(Oc3ccccc3)c2)CC1.I. The fraction of sp³-hybridized carbons (Fsp3) is 0.381. The number of hydrogen-bond donors (Lipinski definition) is 2. The van der Waals surface area contributed by atoms with Gasteiger partial charge in [-0.25, -0.2) is 0 Å². The summed E-state index contributed by atoms with van der Waals surface area (Å²) in [5.74, 6) is 1.99. The molecule has 0 bridgehead atoms. The number of benzene rings is 2. The normalized spacial score (nSPS) is 15.7. The van der Waals surface area contributed by atoms with E-state index < -0.39 is 0 Å². The third-order valence-electron chi connectivity index (χ3n) is 4.70. The van der Waals surface area contributed by atoms with E-state index in [-0.39, 0.29) is 24.0 Å². The topological polar surface area (TPSA) is 66.1 Å². The average Bonchev–Trinajstić information content (AvgIpc) is 2.69. The number of piperazine rings is 1. The summed E-state index contributed by atoms with van der Waals surface area (Å²) in [7, 11) is 0. The van der Waals surface area contributed by atoms with E-state index in [1.54, 1.807) is 0 Å². The molecule has 1 aliphatic heterocycles. The first-order chi connectivity index (χ1) is 13.2. The van der Waals surface area contributed by atoms with Crippen molar-refractivity contribution in [2.75, 3.05) is 51.1 Å². The Morgan fingerprint density at radius 1 is 1.00 bits per heavy atom. The van der Waals surface area contributed by atoms with Gasteiger partial charge in [0, 0.05) is 44.5 Å². The predicted octanol–water partition coefficient (Wildman–Crippen LogP) is 3.46. The van der Waals surface area contributed by atoms with Crippen LogP contribution in [0.3, 0.4) is 0 Å². The Kier molecular flexibility index (Phi) is 9.52. The number of para-hydroxylation sites is 1. The number of ether oxygens (including phenoxy) is 1. The molecule has 6 nitrogen and oxygen atoms in total. The van der Waals surface area contributed by atoms with Crippen molar-refractivity contribution in [2.24, 2.45) is 10.7 Å². The van der Waals surface area contributed by atoms with Crippen LogP contribution in [0.15, 0.2) is 59.6 Å². The van der Waals surface area contributed by atoms with Crippen molar-refractivity contribution in [1.29, 1.82) is 0 Å². The van der Waals surface area contributed by atoms with Gasteiger partial charge in [-0.1, -0.05) is 31.2 Å². The number of anilines is 1. The summed E-state index contributed by atoms with van der Waals surface area (Å²) in [5, 5.41) is 3.14. The van der Waals surface area contributed by atoms with Crippen LogP contribution in [0.4, 0.5) is 5.69 Å². The molecule has 2 aromatic carbocycles. The van der Waals surface area contributed by atoms with Crippen LogP contribution in [0.2, 0.25) is 0 Å². The Hall–Kier alpha value is -1.84. The second-order valence-corrected chi connectivity index (χ2v) is 6.61. The van der Waals surface area contributed by atoms with Crippen LogP contribution < -0.4 is 15.8 Å². The molecule has 3 N–H and O–H groups in total. The van der Waals surface area contributed by atoms with Crippen LogP contribution in [0.1, 0.15) is 6.92 Å². The standard InChI is InChI=1S/C21H29N5O.HI/c1-2-25-13-15-26(16-14-25)12-11-23-21(22)24-18-7-6-10-20(17-18)27-19-8-4-3-5-9-19;/h3-10,17H,2,11-16H2,1H3,(H3,22,23,24);1H. The van der Waals surface area contributed by atoms with Crippen molar-refractivity contribution in [3.63, 3.8) is 0 Å². The Morgan fingerprint density at radius 2 is 1.68 bits per heavy atom. The highest BCUT2D eigenvalue weighted by Gasteiger charge is 2.14. The van der Waals surface area contributed by atoms with Gasteiger partial charge in [0.1, 0.15) is 11.5 Å². The molecule has 3 rings (SSSR count). The maximum atomic E-state index is 6.04. The highest BCUT2D eigenvalue weighted by molar-refractivity contribution is 14.0. The summed E-state index contributed by atoms with van der Waals surface area (Å²) in [6, 6.07) is 17.4. The van der Waals surface area contributed by atoms with Crippen molar-refractivity contribution >= 4 is 35.6 Å². The molecule has 1 heterocycles. The van der Waals surface area contributed by atoms with Gasteiger partial charge in [0.15, 0.2) is 5.96 Å². The van der Waals surface area contributed by atoms with E-state index in [4.69, 9.17) is 10.5 Å². The molecule has 0 amide bonds. The first-order valence-corrected chi connectivity index (χ1v) is 9.57. The number of likely N-dealkylation sites (N-methyl/N-ethyl adjacent to an activating group) is 1. The molecule has 2 aromatic rings. The lowest BCUT2D eigenvalue weighted by molar-refractivity contribution is 0.140. The summed E-state index contributed by atoms with van der Waals surface area (Å²) < 4.78 is 5.85. The molecule has 28 heavy (non-hydrogen) atoms. The minimum atomic E-state index is 0. The number of aliphatic imine (C=N–C) groups is 1. The molecule has 7 heteroatoms. The summed E-state index contributed by atoms with van der Waals surface area (Å²) in [6.07, 6.45) is 0. The van der Waals surface area contributed by atoms with E-state index in [9.17, 15) is 0 Å². The van der Waals surface area contributed by atoms with Crippen LogP contribution in [0.25, 0.3) is 0 Å². The summed E-state index contributed by atoms with van der Waals surface area (Å²) in [4.78, 5) is 9.37. The lowest BCUT2D eigenvalue weighted by atomic mass is 10.3. The van der Waals surface area contributed by atoms with Gasteiger partial charge in [-0.15, -0.1) is 24.0 Å². The lowest BCUT2D eigenvalue weighted by Gasteiger charge is -2.33. The van der Waals surface area contributed by atoms with E-state index in [0.29, 0.717) is 12.5 Å². The first kappa shape index (κ1) is 22.4. The van der Waals surface area contributed by atoms with E-state index in [0.717, 1.165) is 56.5 Å². The molecule has 1 aliphatic rings. The number of nitrogens with one attached hydrogen (secondary N) is 1. The monoisotopic (exact) mass is 495 g/mol. The molecule has 1 fully saturated rings. The second-order valence-electron chi connectivity index (χ2n) is 6.61. The number of nitrogens with two attached hydrogens (primary N) is 1. The number of nitrogens with zero attached hydrogens (tertiary/aromatic N) is 3. The molecule has 1 saturated heterocycles. The third kappa shape index (κ3) is 7.29. The summed E-state index contributed by atoms with van der Waals surface area (Å²) >= 11 is 0. The van der Waals surface area contributed by atoms with Gasteiger partial charge in [0.05, 0.1) is 6.54 Å². The Balaban J connectivity index is 0.00000280. The number of halogens is 1. The van der Waals surface area contributed by atoms with Crippen molar-refractivity contribution in [2.45, 2.75) is 6.92 Å². The zero-order chi connectivity index (χ0) is 18.9. The van der Waals surface area contributed by atoms with Gasteiger partial charge in [0.2, 0.25) is 0 Å². The predicted molar refractivity (Wildman–Crippen MR) is 127 cm³/mol. The Labute approximate surface area is 184 Å². The number of guanidine groups is 1. The van der Waals surface area contributed by atoms with Crippen LogP contribution in [-0.2, 0) is 0 Å². The third-order valence-corrected chi connectivity index (χ3v) is 4.70. The summed E-state index contributed by atoms with van der Waals surface area (Å²) in [6.45, 7) is 9.49. The smallest absolute Gasteiger partial charge is 0.193 e. The van der Waals surface area contributed by atoms with Gasteiger partial charge in [-0.3, -0.25) is 9.89 Å². The van der Waals surface area contributed by atoms with E-state index in [1.807, 2.05) is 54.6 Å². The quantitative estimate of drug-likeness (QED) is 0.350. The molecule has 0 radical (unpaired) electrons. The molecule has 0 spiro atoms. The van der Waals surface area contributed by atoms with Crippen molar-refractivity contribution in [3.8, 4) is 11.5 Å². The van der Waals surface area contributed by atoms with E-state index in [2.05, 4.69) is 27.0 Å². The second kappa shape index (κ2) is 11.9. The maximum Gasteiger partial charge on any atom is 0.193 e. The number of rotatable bonds is 7. The van der Waals surface area contributed by atoms with Crippen LogP contribution in [-0.4, -0.2) is 61.6 Å². The van der Waals surface area contributed by atoms with Gasteiger partial charge in [0.25, 0.3) is 0 Å². The largest absolute Gasteiger partial charge is 0.457 e. The number of hydrogen-bond acceptors (Lipinski definition) is 4. The highest BCUT2D eigenvalue weighted by Crippen LogP contribution is 2.23. The average molecular weight is 495 g/mol. The van der Waals surface area contributed by atoms with Gasteiger partial charge in [-0.05, 0) is 30.8 Å². The van der Waals surface area contributed by atoms with Gasteiger partial charge in [-0.2, -0.15) is 0 Å². The molecule has 0 aliphatic carbocycles. The fourth-order valence-corrected chi connectivity index (χ4v) is 3.09. The molecule has 0 saturated carbocycles. The highest BCUT2D eigenvalue weighted by atomic mass is 127. The molecule has 152 valence electrons. The van der Waals surface area contributed by atoms with E-state index in [1.165, 1.54) is 0 Å². The van der Waals surface area contributed by atoms with Crippen LogP contribution in [0.5, 0.6) is 11.5 Å². The van der Waals surface area contributed by atoms with Crippen molar-refractivity contribution in [1.82, 2.24) is 9.80 Å². The molecular weight excluding hydrogens is 465 g/mol. The first-order valence-electron chi connectivity index (χ1n) is 9.57. The van der Waals surface area contributed by atoms with E-state index >= 15 is 0 Å². The molecule has 0 atom stereocenters. The van der Waals surface area contributed by atoms with Crippen molar-refractivity contribution in [3.05, 3.63) is 54.6 Å². The zero-order valence-corrected chi connectivity index (χ0v) is 18.7. The maximum absolute atomic E-state index is 6.04. The van der Waals surface area contributed by atoms with Crippen LogP contribution >= 0.6 is 24.0 Å². The Bertz CT molecular complexity index is 733.